The molecule has 0 aromatic heterocycles. The van der Waals surface area contributed by atoms with E-state index in [2.05, 4.69) is 36.1 Å². The first-order chi connectivity index (χ1) is 7.68. The second-order valence-corrected chi connectivity index (χ2v) is 4.50. The van der Waals surface area contributed by atoms with Gasteiger partial charge in [0.25, 0.3) is 0 Å². The highest BCUT2D eigenvalue weighted by atomic mass is 35.5. The van der Waals surface area contributed by atoms with Crippen LogP contribution in [0.1, 0.15) is 25.5 Å². The summed E-state index contributed by atoms with van der Waals surface area (Å²) in [5.41, 5.74) is 8.28. The molecule has 0 spiro atoms. The third kappa shape index (κ3) is 3.35. The summed E-state index contributed by atoms with van der Waals surface area (Å²) in [6, 6.07) is 9.09. The highest BCUT2D eigenvalue weighted by molar-refractivity contribution is 5.85. The van der Waals surface area contributed by atoms with Crippen LogP contribution in [0.15, 0.2) is 24.3 Å². The first-order valence-electron chi connectivity index (χ1n) is 5.88. The molecular weight excluding hydrogens is 236 g/mol. The molecule has 4 heteroatoms. The Hall–Kier alpha value is -0.770. The zero-order chi connectivity index (χ0) is 11.5. The van der Waals surface area contributed by atoms with Crippen LogP contribution in [0, 0.1) is 0 Å². The fourth-order valence-electron chi connectivity index (χ4n) is 2.08. The molecule has 0 saturated carbocycles. The van der Waals surface area contributed by atoms with E-state index in [1.807, 2.05) is 6.92 Å². The van der Waals surface area contributed by atoms with Crippen molar-refractivity contribution in [2.24, 2.45) is 5.73 Å². The van der Waals surface area contributed by atoms with Crippen LogP contribution in [0.2, 0.25) is 0 Å². The number of rotatable bonds is 2. The topological polar surface area (TPSA) is 38.5 Å². The molecule has 2 atom stereocenters. The van der Waals surface area contributed by atoms with Crippen molar-refractivity contribution in [2.45, 2.75) is 25.9 Å². The van der Waals surface area contributed by atoms with E-state index in [9.17, 15) is 0 Å². The van der Waals surface area contributed by atoms with Crippen LogP contribution in [-0.4, -0.2) is 25.8 Å². The number of nitrogens with two attached hydrogens (primary N) is 1. The average Bonchev–Trinajstić information content (AvgIpc) is 2.30. The molecule has 17 heavy (non-hydrogen) atoms. The monoisotopic (exact) mass is 256 g/mol. The summed E-state index contributed by atoms with van der Waals surface area (Å²) < 4.78 is 5.43. The van der Waals surface area contributed by atoms with Crippen LogP contribution in [0.3, 0.4) is 0 Å². The fraction of sp³-hybridized carbons (Fsp3) is 0.538. The maximum atomic E-state index is 5.84. The summed E-state index contributed by atoms with van der Waals surface area (Å²) in [6.45, 7) is 6.80. The number of nitrogens with zero attached hydrogens (tertiary/aromatic N) is 1. The molecule has 3 nitrogen and oxygen atoms in total. The SMILES string of the molecule is C[C@@H]1COCCN1c1ccc([C@@H](C)N)cc1.Cl. The summed E-state index contributed by atoms with van der Waals surface area (Å²) in [5.74, 6) is 0. The van der Waals surface area contributed by atoms with E-state index in [1.54, 1.807) is 0 Å². The van der Waals surface area contributed by atoms with Crippen molar-refractivity contribution in [3.8, 4) is 0 Å². The number of hydrogen-bond acceptors (Lipinski definition) is 3. The minimum absolute atomic E-state index is 0. The lowest BCUT2D eigenvalue weighted by molar-refractivity contribution is 0.0989. The minimum atomic E-state index is 0. The molecule has 1 aromatic carbocycles. The summed E-state index contributed by atoms with van der Waals surface area (Å²) in [6.07, 6.45) is 0. The molecular formula is C13H21ClN2O. The average molecular weight is 257 g/mol. The highest BCUT2D eigenvalue weighted by Crippen LogP contribution is 2.21. The van der Waals surface area contributed by atoms with Crippen molar-refractivity contribution in [1.82, 2.24) is 0 Å². The van der Waals surface area contributed by atoms with Gasteiger partial charge in [-0.25, -0.2) is 0 Å². The highest BCUT2D eigenvalue weighted by Gasteiger charge is 2.18. The summed E-state index contributed by atoms with van der Waals surface area (Å²) in [4.78, 5) is 2.38. The Morgan fingerprint density at radius 1 is 1.35 bits per heavy atom. The van der Waals surface area contributed by atoms with Gasteiger partial charge >= 0.3 is 0 Å². The Labute approximate surface area is 109 Å². The molecule has 0 aliphatic carbocycles. The van der Waals surface area contributed by atoms with E-state index in [1.165, 1.54) is 11.3 Å². The Morgan fingerprint density at radius 3 is 2.53 bits per heavy atom. The Morgan fingerprint density at radius 2 is 2.00 bits per heavy atom. The van der Waals surface area contributed by atoms with Gasteiger partial charge in [-0.3, -0.25) is 0 Å². The van der Waals surface area contributed by atoms with Crippen molar-refractivity contribution >= 4 is 18.1 Å². The van der Waals surface area contributed by atoms with Gasteiger partial charge in [0.15, 0.2) is 0 Å². The van der Waals surface area contributed by atoms with Crippen molar-refractivity contribution in [2.75, 3.05) is 24.7 Å². The van der Waals surface area contributed by atoms with Crippen LogP contribution in [-0.2, 0) is 4.74 Å². The predicted octanol–water partition coefficient (Wildman–Crippen LogP) is 2.35. The number of anilines is 1. The van der Waals surface area contributed by atoms with Gasteiger partial charge in [-0.2, -0.15) is 0 Å². The van der Waals surface area contributed by atoms with Crippen LogP contribution in [0.4, 0.5) is 5.69 Å². The van der Waals surface area contributed by atoms with Crippen LogP contribution < -0.4 is 10.6 Å². The smallest absolute Gasteiger partial charge is 0.0668 e. The molecule has 1 aliphatic heterocycles. The van der Waals surface area contributed by atoms with E-state index < -0.39 is 0 Å². The maximum absolute atomic E-state index is 5.84. The quantitative estimate of drug-likeness (QED) is 0.883. The molecule has 96 valence electrons. The van der Waals surface area contributed by atoms with E-state index in [0.29, 0.717) is 6.04 Å². The third-order valence-corrected chi connectivity index (χ3v) is 3.12. The van der Waals surface area contributed by atoms with E-state index in [0.717, 1.165) is 19.8 Å². The zero-order valence-corrected chi connectivity index (χ0v) is 11.2. The number of morpholine rings is 1. The molecule has 0 unspecified atom stereocenters. The van der Waals surface area contributed by atoms with Crippen molar-refractivity contribution < 1.29 is 4.74 Å². The normalized spacial score (nSPS) is 21.8. The van der Waals surface area contributed by atoms with Crippen molar-refractivity contribution in [3.05, 3.63) is 29.8 Å². The van der Waals surface area contributed by atoms with Gasteiger partial charge in [0.2, 0.25) is 0 Å². The van der Waals surface area contributed by atoms with Gasteiger partial charge in [-0.15, -0.1) is 12.4 Å². The Balaban J connectivity index is 0.00000144. The molecule has 1 fully saturated rings. The summed E-state index contributed by atoms with van der Waals surface area (Å²) in [5, 5.41) is 0. The van der Waals surface area contributed by atoms with Crippen LogP contribution in [0.25, 0.3) is 0 Å². The Bertz CT molecular complexity index is 340. The lowest BCUT2D eigenvalue weighted by atomic mass is 10.1. The van der Waals surface area contributed by atoms with Crippen LogP contribution in [0.5, 0.6) is 0 Å². The van der Waals surface area contributed by atoms with E-state index in [-0.39, 0.29) is 18.4 Å². The number of ether oxygens (including phenoxy) is 1. The van der Waals surface area contributed by atoms with Crippen LogP contribution >= 0.6 is 12.4 Å². The van der Waals surface area contributed by atoms with E-state index >= 15 is 0 Å². The number of benzene rings is 1. The first kappa shape index (κ1) is 14.3. The summed E-state index contributed by atoms with van der Waals surface area (Å²) in [7, 11) is 0. The van der Waals surface area contributed by atoms with Gasteiger partial charge in [0.05, 0.1) is 13.2 Å². The maximum Gasteiger partial charge on any atom is 0.0668 e. The Kier molecular flexibility index (Phi) is 5.25. The lowest BCUT2D eigenvalue weighted by Crippen LogP contribution is -2.43. The number of hydrogen-bond donors (Lipinski definition) is 1. The second-order valence-electron chi connectivity index (χ2n) is 4.50. The fourth-order valence-corrected chi connectivity index (χ4v) is 2.08. The lowest BCUT2D eigenvalue weighted by Gasteiger charge is -2.35. The molecule has 0 radical (unpaired) electrons. The second kappa shape index (κ2) is 6.24. The molecule has 0 amide bonds. The molecule has 2 N–H and O–H groups in total. The minimum Gasteiger partial charge on any atom is -0.377 e. The van der Waals surface area contributed by atoms with Gasteiger partial charge in [-0.05, 0) is 31.5 Å². The van der Waals surface area contributed by atoms with Gasteiger partial charge < -0.3 is 15.4 Å². The molecule has 1 heterocycles. The standard InChI is InChI=1S/C13H20N2O.ClH/c1-10-9-16-8-7-15(10)13-5-3-12(4-6-13)11(2)14;/h3-6,10-11H,7-9,14H2,1-2H3;1H/t10-,11-;/m1./s1. The molecule has 1 saturated heterocycles. The molecule has 0 bridgehead atoms. The van der Waals surface area contributed by atoms with Gasteiger partial charge in [0, 0.05) is 24.3 Å². The predicted molar refractivity (Wildman–Crippen MR) is 73.9 cm³/mol. The van der Waals surface area contributed by atoms with E-state index in [4.69, 9.17) is 10.5 Å². The summed E-state index contributed by atoms with van der Waals surface area (Å²) >= 11 is 0. The molecule has 2 rings (SSSR count). The first-order valence-corrected chi connectivity index (χ1v) is 5.88. The zero-order valence-electron chi connectivity index (χ0n) is 10.4. The van der Waals surface area contributed by atoms with Gasteiger partial charge in [-0.1, -0.05) is 12.1 Å². The third-order valence-electron chi connectivity index (χ3n) is 3.12. The largest absolute Gasteiger partial charge is 0.377 e. The van der Waals surface area contributed by atoms with Crippen molar-refractivity contribution in [3.63, 3.8) is 0 Å². The van der Waals surface area contributed by atoms with Crippen molar-refractivity contribution in [1.29, 1.82) is 0 Å². The number of halogens is 1. The molecule has 1 aliphatic rings. The van der Waals surface area contributed by atoms with Gasteiger partial charge in [0.1, 0.15) is 0 Å². The molecule has 1 aromatic rings.